The Balaban J connectivity index is 1.89. The van der Waals surface area contributed by atoms with Gasteiger partial charge in [-0.2, -0.15) is 0 Å². The summed E-state index contributed by atoms with van der Waals surface area (Å²) < 4.78 is 0. The van der Waals surface area contributed by atoms with Crippen molar-refractivity contribution in [2.75, 3.05) is 6.54 Å². The lowest BCUT2D eigenvalue weighted by Gasteiger charge is -2.17. The average Bonchev–Trinajstić information content (AvgIpc) is 2.48. The molecule has 0 aromatic heterocycles. The fourth-order valence-electron chi connectivity index (χ4n) is 2.22. The van der Waals surface area contributed by atoms with E-state index in [1.54, 1.807) is 0 Å². The molecule has 1 heteroatoms. The van der Waals surface area contributed by atoms with Crippen molar-refractivity contribution in [2.24, 2.45) is 0 Å². The highest BCUT2D eigenvalue weighted by Crippen LogP contribution is 2.16. The van der Waals surface area contributed by atoms with E-state index in [1.807, 2.05) is 6.08 Å². The smallest absolute Gasteiger partial charge is 0.0354 e. The predicted molar refractivity (Wildman–Crippen MR) is 82.1 cm³/mol. The fraction of sp³-hybridized carbons (Fsp3) is 0.222. The molecule has 0 aliphatic rings. The molecule has 1 atom stereocenters. The molecule has 0 spiro atoms. The topological polar surface area (TPSA) is 12.0 Å². The molecule has 0 heterocycles. The van der Waals surface area contributed by atoms with Gasteiger partial charge in [-0.3, -0.25) is 0 Å². The number of hydrogen-bond donors (Lipinski definition) is 1. The third-order valence-electron chi connectivity index (χ3n) is 3.25. The Morgan fingerprint density at radius 2 is 1.58 bits per heavy atom. The van der Waals surface area contributed by atoms with Gasteiger partial charge >= 0.3 is 0 Å². The Hall–Kier alpha value is -1.86. The van der Waals surface area contributed by atoms with Gasteiger partial charge < -0.3 is 5.32 Å². The normalized spacial score (nSPS) is 12.0. The van der Waals surface area contributed by atoms with Crippen LogP contribution >= 0.6 is 0 Å². The molecule has 1 N–H and O–H groups in total. The molecular weight excluding hydrogens is 230 g/mol. The molecule has 0 aliphatic heterocycles. The van der Waals surface area contributed by atoms with Gasteiger partial charge in [-0.1, -0.05) is 66.7 Å². The molecule has 1 nitrogen and oxygen atoms in total. The van der Waals surface area contributed by atoms with Crippen molar-refractivity contribution >= 4 is 0 Å². The zero-order chi connectivity index (χ0) is 13.3. The number of benzene rings is 2. The number of hydrogen-bond acceptors (Lipinski definition) is 1. The van der Waals surface area contributed by atoms with Crippen LogP contribution in [0.15, 0.2) is 73.3 Å². The van der Waals surface area contributed by atoms with Gasteiger partial charge in [0.05, 0.1) is 0 Å². The van der Waals surface area contributed by atoms with E-state index in [1.165, 1.54) is 11.1 Å². The van der Waals surface area contributed by atoms with E-state index in [0.29, 0.717) is 6.04 Å². The third kappa shape index (κ3) is 4.38. The van der Waals surface area contributed by atoms with Crippen LogP contribution in [0.3, 0.4) is 0 Å². The van der Waals surface area contributed by atoms with Gasteiger partial charge in [-0.15, -0.1) is 6.58 Å². The predicted octanol–water partition coefficient (Wildman–Crippen LogP) is 4.14. The lowest BCUT2D eigenvalue weighted by Crippen LogP contribution is -2.23. The summed E-state index contributed by atoms with van der Waals surface area (Å²) in [6.07, 6.45) is 3.99. The summed E-state index contributed by atoms with van der Waals surface area (Å²) >= 11 is 0. The van der Waals surface area contributed by atoms with E-state index in [2.05, 4.69) is 72.6 Å². The highest BCUT2D eigenvalue weighted by atomic mass is 14.9. The van der Waals surface area contributed by atoms with Crippen LogP contribution in [0.5, 0.6) is 0 Å². The maximum atomic E-state index is 3.85. The Morgan fingerprint density at radius 3 is 2.21 bits per heavy atom. The van der Waals surface area contributed by atoms with Crippen molar-refractivity contribution in [2.45, 2.75) is 18.9 Å². The molecule has 0 amide bonds. The van der Waals surface area contributed by atoms with Crippen molar-refractivity contribution in [1.82, 2.24) is 5.32 Å². The van der Waals surface area contributed by atoms with E-state index in [-0.39, 0.29) is 0 Å². The lowest BCUT2D eigenvalue weighted by atomic mass is 10.0. The van der Waals surface area contributed by atoms with E-state index in [9.17, 15) is 0 Å². The first-order chi connectivity index (χ1) is 9.40. The molecular formula is C18H21N. The van der Waals surface area contributed by atoms with Gasteiger partial charge in [0.1, 0.15) is 0 Å². The van der Waals surface area contributed by atoms with E-state index < -0.39 is 0 Å². The molecule has 19 heavy (non-hydrogen) atoms. The van der Waals surface area contributed by atoms with Crippen molar-refractivity contribution in [3.63, 3.8) is 0 Å². The minimum atomic E-state index is 0.363. The van der Waals surface area contributed by atoms with Gasteiger partial charge in [0, 0.05) is 6.04 Å². The van der Waals surface area contributed by atoms with Crippen LogP contribution in [0, 0.1) is 0 Å². The first-order valence-corrected chi connectivity index (χ1v) is 6.83. The van der Waals surface area contributed by atoms with Crippen LogP contribution in [0.2, 0.25) is 0 Å². The molecule has 98 valence electrons. The zero-order valence-electron chi connectivity index (χ0n) is 11.3. The molecule has 2 aromatic carbocycles. The van der Waals surface area contributed by atoms with E-state index >= 15 is 0 Å². The number of nitrogens with one attached hydrogen (secondary N) is 1. The summed E-state index contributed by atoms with van der Waals surface area (Å²) in [5.41, 5.74) is 2.70. The molecule has 0 radical (unpaired) electrons. The minimum absolute atomic E-state index is 0.363. The summed E-state index contributed by atoms with van der Waals surface area (Å²) in [6, 6.07) is 21.5. The molecule has 2 rings (SSSR count). The van der Waals surface area contributed by atoms with Gasteiger partial charge in [-0.25, -0.2) is 0 Å². The second kappa shape index (κ2) is 7.55. The SMILES string of the molecule is C=CCC(NCCc1ccccc1)c1ccccc1. The molecule has 2 aromatic rings. The minimum Gasteiger partial charge on any atom is -0.309 e. The Morgan fingerprint density at radius 1 is 0.947 bits per heavy atom. The van der Waals surface area contributed by atoms with E-state index in [0.717, 1.165) is 19.4 Å². The standard InChI is InChI=1S/C18H21N/c1-2-9-18(17-12-7-4-8-13-17)19-15-14-16-10-5-3-6-11-16/h2-8,10-13,18-19H,1,9,14-15H2. The summed E-state index contributed by atoms with van der Waals surface area (Å²) in [6.45, 7) is 4.84. The Labute approximate surface area is 116 Å². The third-order valence-corrected chi connectivity index (χ3v) is 3.25. The Kier molecular flexibility index (Phi) is 5.39. The summed E-state index contributed by atoms with van der Waals surface area (Å²) in [4.78, 5) is 0. The van der Waals surface area contributed by atoms with Gasteiger partial charge in [-0.05, 0) is 30.5 Å². The van der Waals surface area contributed by atoms with Crippen LogP contribution in [0.4, 0.5) is 0 Å². The highest BCUT2D eigenvalue weighted by molar-refractivity contribution is 5.20. The zero-order valence-corrected chi connectivity index (χ0v) is 11.3. The summed E-state index contributed by atoms with van der Waals surface area (Å²) in [7, 11) is 0. The molecule has 0 bridgehead atoms. The molecule has 0 fully saturated rings. The maximum Gasteiger partial charge on any atom is 0.0354 e. The molecule has 0 aliphatic carbocycles. The van der Waals surface area contributed by atoms with Crippen LogP contribution in [-0.4, -0.2) is 6.54 Å². The van der Waals surface area contributed by atoms with Crippen LogP contribution in [-0.2, 0) is 6.42 Å². The maximum absolute atomic E-state index is 3.85. The van der Waals surface area contributed by atoms with E-state index in [4.69, 9.17) is 0 Å². The fourth-order valence-corrected chi connectivity index (χ4v) is 2.22. The van der Waals surface area contributed by atoms with Crippen molar-refractivity contribution in [3.8, 4) is 0 Å². The largest absolute Gasteiger partial charge is 0.309 e. The highest BCUT2D eigenvalue weighted by Gasteiger charge is 2.07. The van der Waals surface area contributed by atoms with Crippen LogP contribution in [0.1, 0.15) is 23.6 Å². The second-order valence-electron chi connectivity index (χ2n) is 4.68. The monoisotopic (exact) mass is 251 g/mol. The van der Waals surface area contributed by atoms with Crippen LogP contribution < -0.4 is 5.32 Å². The van der Waals surface area contributed by atoms with Gasteiger partial charge in [0.2, 0.25) is 0 Å². The summed E-state index contributed by atoms with van der Waals surface area (Å²) in [5, 5.41) is 3.61. The molecule has 0 saturated heterocycles. The number of rotatable bonds is 7. The van der Waals surface area contributed by atoms with Crippen molar-refractivity contribution in [3.05, 3.63) is 84.4 Å². The van der Waals surface area contributed by atoms with Gasteiger partial charge in [0.15, 0.2) is 0 Å². The lowest BCUT2D eigenvalue weighted by molar-refractivity contribution is 0.542. The second-order valence-corrected chi connectivity index (χ2v) is 4.68. The van der Waals surface area contributed by atoms with Crippen molar-refractivity contribution in [1.29, 1.82) is 0 Å². The molecule has 1 unspecified atom stereocenters. The van der Waals surface area contributed by atoms with Crippen LogP contribution in [0.25, 0.3) is 0 Å². The van der Waals surface area contributed by atoms with Gasteiger partial charge in [0.25, 0.3) is 0 Å². The Bertz CT molecular complexity index is 476. The average molecular weight is 251 g/mol. The molecule has 0 saturated carbocycles. The summed E-state index contributed by atoms with van der Waals surface area (Å²) in [5.74, 6) is 0. The van der Waals surface area contributed by atoms with Crippen molar-refractivity contribution < 1.29 is 0 Å². The quantitative estimate of drug-likeness (QED) is 0.729. The first kappa shape index (κ1) is 13.6. The first-order valence-electron chi connectivity index (χ1n) is 6.83.